The number of hydrogen-bond donors (Lipinski definition) is 1. The van der Waals surface area contributed by atoms with Crippen LogP contribution in [0.25, 0.3) is 0 Å². The van der Waals surface area contributed by atoms with Gasteiger partial charge < -0.3 is 0 Å². The summed E-state index contributed by atoms with van der Waals surface area (Å²) in [5, 5.41) is 0. The lowest BCUT2D eigenvalue weighted by Crippen LogP contribution is -2.60. The van der Waals surface area contributed by atoms with Crippen molar-refractivity contribution in [2.75, 3.05) is 0 Å². The third-order valence-electron chi connectivity index (χ3n) is 3.65. The van der Waals surface area contributed by atoms with Crippen molar-refractivity contribution < 1.29 is 18.0 Å². The van der Waals surface area contributed by atoms with Crippen LogP contribution in [-0.4, -0.2) is 25.9 Å². The molecule has 0 aromatic carbocycles. The van der Waals surface area contributed by atoms with Gasteiger partial charge in [-0.1, -0.05) is 39.4 Å². The van der Waals surface area contributed by atoms with Gasteiger partial charge >= 0.3 is 6.18 Å². The molecule has 0 aliphatic carbocycles. The van der Waals surface area contributed by atoms with E-state index in [1.165, 1.54) is 0 Å². The molecule has 6 heteroatoms. The van der Waals surface area contributed by atoms with Gasteiger partial charge in [-0.05, 0) is 25.3 Å². The molecule has 114 valence electrons. The normalized spacial score (nSPS) is 29.5. The van der Waals surface area contributed by atoms with Gasteiger partial charge in [-0.3, -0.25) is 4.84 Å². The molecule has 1 N–H and O–H groups in total. The van der Waals surface area contributed by atoms with Crippen LogP contribution in [0.3, 0.4) is 0 Å². The zero-order valence-electron chi connectivity index (χ0n) is 12.4. The number of nitrogens with one attached hydrogen (secondary N) is 1. The molecule has 2 nitrogen and oxygen atoms in total. The zero-order valence-corrected chi connectivity index (χ0v) is 13.4. The van der Waals surface area contributed by atoms with Gasteiger partial charge in [0, 0.05) is 8.07 Å². The van der Waals surface area contributed by atoms with E-state index in [1.54, 1.807) is 0 Å². The number of hydrogen-bond acceptors (Lipinski definition) is 2. The van der Waals surface area contributed by atoms with Gasteiger partial charge in [0.15, 0.2) is 0 Å². The van der Waals surface area contributed by atoms with E-state index in [4.69, 9.17) is 4.84 Å². The van der Waals surface area contributed by atoms with Crippen molar-refractivity contribution in [3.63, 3.8) is 0 Å². The SMILES string of the molecule is CCCCC1(C(F)(F)F)CCC(C[Si](C)(C)C)ON1. The number of unbranched alkanes of at least 4 members (excludes halogenated alkanes) is 1. The first-order valence-corrected chi connectivity index (χ1v) is 10.8. The zero-order chi connectivity index (χ0) is 14.7. The average molecular weight is 297 g/mol. The van der Waals surface area contributed by atoms with Gasteiger partial charge in [0.25, 0.3) is 0 Å². The van der Waals surface area contributed by atoms with Crippen molar-refractivity contribution in [3.05, 3.63) is 0 Å². The fourth-order valence-electron chi connectivity index (χ4n) is 2.54. The Morgan fingerprint density at radius 1 is 1.32 bits per heavy atom. The molecule has 0 saturated carbocycles. The minimum Gasteiger partial charge on any atom is -0.298 e. The van der Waals surface area contributed by atoms with Crippen LogP contribution in [0.1, 0.15) is 39.0 Å². The first-order valence-electron chi connectivity index (χ1n) is 7.09. The monoisotopic (exact) mass is 297 g/mol. The highest BCUT2D eigenvalue weighted by Crippen LogP contribution is 2.41. The van der Waals surface area contributed by atoms with E-state index in [-0.39, 0.29) is 18.9 Å². The molecule has 2 atom stereocenters. The van der Waals surface area contributed by atoms with Crippen LogP contribution >= 0.6 is 0 Å². The van der Waals surface area contributed by atoms with Crippen molar-refractivity contribution in [1.82, 2.24) is 5.48 Å². The van der Waals surface area contributed by atoms with Crippen molar-refractivity contribution in [1.29, 1.82) is 0 Å². The summed E-state index contributed by atoms with van der Waals surface area (Å²) in [5.41, 5.74) is 0.543. The van der Waals surface area contributed by atoms with Crippen LogP contribution < -0.4 is 5.48 Å². The van der Waals surface area contributed by atoms with E-state index in [0.29, 0.717) is 12.8 Å². The minimum absolute atomic E-state index is 0.0660. The molecule has 0 amide bonds. The maximum absolute atomic E-state index is 13.3. The Morgan fingerprint density at radius 3 is 2.32 bits per heavy atom. The van der Waals surface area contributed by atoms with Crippen LogP contribution in [0.4, 0.5) is 13.2 Å². The lowest BCUT2D eigenvalue weighted by atomic mass is 9.86. The molecule has 0 bridgehead atoms. The highest BCUT2D eigenvalue weighted by Gasteiger charge is 2.56. The second-order valence-electron chi connectivity index (χ2n) is 6.83. The van der Waals surface area contributed by atoms with Crippen LogP contribution in [0.5, 0.6) is 0 Å². The first kappa shape index (κ1) is 17.0. The van der Waals surface area contributed by atoms with Crippen LogP contribution in [-0.2, 0) is 4.84 Å². The summed E-state index contributed by atoms with van der Waals surface area (Å²) >= 11 is 0. The summed E-state index contributed by atoms with van der Waals surface area (Å²) in [4.78, 5) is 5.36. The first-order chi connectivity index (χ1) is 8.60. The van der Waals surface area contributed by atoms with E-state index < -0.39 is 19.8 Å². The number of halogens is 3. The minimum atomic E-state index is -4.24. The summed E-state index contributed by atoms with van der Waals surface area (Å²) in [6.07, 6.45) is -2.25. The maximum atomic E-state index is 13.3. The summed E-state index contributed by atoms with van der Waals surface area (Å²) in [6, 6.07) is 0.904. The Hall–Kier alpha value is -0.0731. The molecule has 0 spiro atoms. The summed E-state index contributed by atoms with van der Waals surface area (Å²) in [7, 11) is -1.31. The Morgan fingerprint density at radius 2 is 1.95 bits per heavy atom. The van der Waals surface area contributed by atoms with Gasteiger partial charge in [-0.15, -0.1) is 0 Å². The Labute approximate surface area is 115 Å². The van der Waals surface area contributed by atoms with E-state index >= 15 is 0 Å². The fourth-order valence-corrected chi connectivity index (χ4v) is 4.19. The van der Waals surface area contributed by atoms with E-state index in [0.717, 1.165) is 12.5 Å². The van der Waals surface area contributed by atoms with Gasteiger partial charge in [0.2, 0.25) is 0 Å². The molecule has 0 aromatic heterocycles. The summed E-state index contributed by atoms with van der Waals surface area (Å²) < 4.78 is 39.8. The molecule has 0 radical (unpaired) electrons. The van der Waals surface area contributed by atoms with Gasteiger partial charge in [-0.25, -0.2) is 0 Å². The molecule has 1 fully saturated rings. The topological polar surface area (TPSA) is 21.3 Å². The molecule has 1 rings (SSSR count). The standard InChI is InChI=1S/C13H26F3NOSi/c1-5-6-8-12(13(14,15)16)9-7-11(18-17-12)10-19(2,3)4/h11,17H,5-10H2,1-4H3. The highest BCUT2D eigenvalue weighted by atomic mass is 28.3. The third kappa shape index (κ3) is 4.75. The summed E-state index contributed by atoms with van der Waals surface area (Å²) in [5.74, 6) is 0. The molecule has 19 heavy (non-hydrogen) atoms. The summed E-state index contributed by atoms with van der Waals surface area (Å²) in [6.45, 7) is 8.53. The van der Waals surface area contributed by atoms with Crippen molar-refractivity contribution in [2.24, 2.45) is 0 Å². The largest absolute Gasteiger partial charge is 0.408 e. The second kappa shape index (κ2) is 6.14. The van der Waals surface area contributed by atoms with Crippen molar-refractivity contribution in [2.45, 2.75) is 82.5 Å². The maximum Gasteiger partial charge on any atom is 0.408 e. The number of alkyl halides is 3. The smallest absolute Gasteiger partial charge is 0.298 e. The molecule has 0 aromatic rings. The van der Waals surface area contributed by atoms with Crippen molar-refractivity contribution >= 4 is 8.07 Å². The molecule has 1 heterocycles. The average Bonchev–Trinajstić information content (AvgIpc) is 2.25. The molecule has 1 aliphatic heterocycles. The number of hydroxylamine groups is 1. The Bertz CT molecular complexity index is 281. The van der Waals surface area contributed by atoms with Gasteiger partial charge in [-0.2, -0.15) is 18.7 Å². The predicted octanol–water partition coefficient (Wildman–Crippen LogP) is 4.50. The molecule has 1 aliphatic rings. The lowest BCUT2D eigenvalue weighted by Gasteiger charge is -2.42. The van der Waals surface area contributed by atoms with Crippen LogP contribution in [0, 0.1) is 0 Å². The van der Waals surface area contributed by atoms with E-state index in [9.17, 15) is 13.2 Å². The molecule has 1 saturated heterocycles. The number of rotatable bonds is 5. The highest BCUT2D eigenvalue weighted by molar-refractivity contribution is 6.76. The van der Waals surface area contributed by atoms with Crippen molar-refractivity contribution in [3.8, 4) is 0 Å². The lowest BCUT2D eigenvalue weighted by molar-refractivity contribution is -0.259. The van der Waals surface area contributed by atoms with Crippen LogP contribution in [0.15, 0.2) is 0 Å². The Kier molecular flexibility index (Phi) is 5.49. The molecular formula is C13H26F3NOSi. The van der Waals surface area contributed by atoms with E-state index in [1.807, 2.05) is 6.92 Å². The molecule has 2 unspecified atom stereocenters. The quantitative estimate of drug-likeness (QED) is 0.754. The Balaban J connectivity index is 2.64. The molecular weight excluding hydrogens is 271 g/mol. The second-order valence-corrected chi connectivity index (χ2v) is 12.4. The van der Waals surface area contributed by atoms with Gasteiger partial charge in [0.1, 0.15) is 5.54 Å². The van der Waals surface area contributed by atoms with Gasteiger partial charge in [0.05, 0.1) is 6.10 Å². The predicted molar refractivity (Wildman–Crippen MR) is 73.7 cm³/mol. The van der Waals surface area contributed by atoms with Crippen LogP contribution in [0.2, 0.25) is 25.7 Å². The fraction of sp³-hybridized carbons (Fsp3) is 1.00. The van der Waals surface area contributed by atoms with E-state index in [2.05, 4.69) is 25.1 Å². The third-order valence-corrected chi connectivity index (χ3v) is 5.33.